The van der Waals surface area contributed by atoms with E-state index in [0.29, 0.717) is 37.6 Å². The van der Waals surface area contributed by atoms with Crippen LogP contribution in [0.3, 0.4) is 0 Å². The average Bonchev–Trinajstić information content (AvgIpc) is 3.28. The van der Waals surface area contributed by atoms with Crippen molar-refractivity contribution in [1.82, 2.24) is 19.8 Å². The summed E-state index contributed by atoms with van der Waals surface area (Å²) in [5, 5.41) is 13.8. The Labute approximate surface area is 213 Å². The lowest BCUT2D eigenvalue weighted by Gasteiger charge is -2.29. The number of amides is 1. The van der Waals surface area contributed by atoms with Crippen LogP contribution in [0, 0.1) is 10.1 Å². The normalized spacial score (nSPS) is 17.1. The number of fused-ring (bicyclic) bond motifs is 2. The molecule has 2 aromatic carbocycles. The van der Waals surface area contributed by atoms with Gasteiger partial charge in [0.2, 0.25) is 5.91 Å². The average molecular weight is 533 g/mol. The van der Waals surface area contributed by atoms with Crippen molar-refractivity contribution in [3.63, 3.8) is 0 Å². The summed E-state index contributed by atoms with van der Waals surface area (Å²) < 4.78 is 53.5. The highest BCUT2D eigenvalue weighted by molar-refractivity contribution is 5.78. The van der Waals surface area contributed by atoms with Crippen molar-refractivity contribution in [2.24, 2.45) is 0 Å². The second kappa shape index (κ2) is 10.2. The molecule has 38 heavy (non-hydrogen) atoms. The van der Waals surface area contributed by atoms with Gasteiger partial charge in [-0.05, 0) is 58.9 Å². The van der Waals surface area contributed by atoms with Crippen molar-refractivity contribution in [3.05, 3.63) is 69.9 Å². The molecule has 1 atom stereocenters. The first-order chi connectivity index (χ1) is 18.1. The number of ether oxygens (including phenoxy) is 3. The van der Waals surface area contributed by atoms with Gasteiger partial charge < -0.3 is 29.6 Å². The second-order valence-electron chi connectivity index (χ2n) is 8.88. The molecule has 0 saturated carbocycles. The monoisotopic (exact) mass is 533 g/mol. The van der Waals surface area contributed by atoms with Crippen LogP contribution in [0.4, 0.5) is 19.0 Å². The molecule has 200 valence electrons. The fraction of sp³-hybridized carbons (Fsp3) is 0.333. The Morgan fingerprint density at radius 1 is 1.16 bits per heavy atom. The molecule has 14 heteroatoms. The van der Waals surface area contributed by atoms with Gasteiger partial charge in [0.25, 0.3) is 0 Å². The van der Waals surface area contributed by atoms with E-state index < -0.39 is 11.3 Å². The zero-order valence-corrected chi connectivity index (χ0v) is 19.8. The van der Waals surface area contributed by atoms with Gasteiger partial charge in [-0.25, -0.2) is 0 Å². The van der Waals surface area contributed by atoms with Gasteiger partial charge in [0.05, 0.1) is 19.1 Å². The Balaban J connectivity index is 1.12. The molecule has 1 amide bonds. The molecule has 0 aliphatic carbocycles. The maximum absolute atomic E-state index is 12.6. The highest BCUT2D eigenvalue weighted by Crippen LogP contribution is 2.30. The van der Waals surface area contributed by atoms with Gasteiger partial charge in [-0.3, -0.25) is 14.3 Å². The minimum absolute atomic E-state index is 0.158. The van der Waals surface area contributed by atoms with Crippen LogP contribution in [-0.2, 0) is 24.3 Å². The Morgan fingerprint density at radius 2 is 1.89 bits per heavy atom. The molecule has 0 spiro atoms. The number of hydrogen-bond donors (Lipinski definition) is 1. The molecule has 0 bridgehead atoms. The fourth-order valence-electron chi connectivity index (χ4n) is 4.38. The summed E-state index contributed by atoms with van der Waals surface area (Å²) in [6.45, 7) is 1.88. The number of nitro groups is 1. The number of benzene rings is 2. The van der Waals surface area contributed by atoms with E-state index >= 15 is 0 Å². The van der Waals surface area contributed by atoms with Gasteiger partial charge in [0.1, 0.15) is 30.1 Å². The number of hydrogen-bond acceptors (Lipinski definition) is 8. The number of carbonyl (C=O) groups excluding carboxylic acids is 1. The smallest absolute Gasteiger partial charge is 0.457 e. The zero-order chi connectivity index (χ0) is 26.9. The number of alkyl halides is 3. The maximum Gasteiger partial charge on any atom is 0.573 e. The number of imidazole rings is 1. The van der Waals surface area contributed by atoms with Gasteiger partial charge in [-0.15, -0.1) is 13.2 Å². The molecule has 3 heterocycles. The summed E-state index contributed by atoms with van der Waals surface area (Å²) in [6, 6.07) is 10.5. The third kappa shape index (κ3) is 6.14. The molecule has 1 N–H and O–H groups in total. The van der Waals surface area contributed by atoms with Crippen molar-refractivity contribution in [3.8, 4) is 23.3 Å². The van der Waals surface area contributed by atoms with Crippen LogP contribution in [0.5, 0.6) is 23.3 Å². The summed E-state index contributed by atoms with van der Waals surface area (Å²) in [5.74, 6) is 0.110. The van der Waals surface area contributed by atoms with Crippen LogP contribution in [0.25, 0.3) is 0 Å². The summed E-state index contributed by atoms with van der Waals surface area (Å²) in [5.41, 5.74) is 2.10. The third-order valence-electron chi connectivity index (χ3n) is 6.04. The molecule has 0 fully saturated rings. The van der Waals surface area contributed by atoms with Crippen LogP contribution in [0.15, 0.2) is 48.7 Å². The van der Waals surface area contributed by atoms with Crippen LogP contribution < -0.4 is 19.5 Å². The third-order valence-corrected chi connectivity index (χ3v) is 6.04. The Kier molecular flexibility index (Phi) is 6.80. The summed E-state index contributed by atoms with van der Waals surface area (Å²) >= 11 is 0. The number of nitrogens with zero attached hydrogens (tertiary/aromatic N) is 4. The van der Waals surface area contributed by atoms with Gasteiger partial charge in [0.15, 0.2) is 0 Å². The van der Waals surface area contributed by atoms with E-state index in [2.05, 4.69) is 15.0 Å². The van der Waals surface area contributed by atoms with E-state index in [9.17, 15) is 28.1 Å². The first-order valence-electron chi connectivity index (χ1n) is 11.6. The van der Waals surface area contributed by atoms with Crippen LogP contribution in [-0.4, -0.2) is 57.4 Å². The minimum atomic E-state index is -4.75. The lowest BCUT2D eigenvalue weighted by molar-refractivity contribution is -0.389. The molecule has 1 aromatic heterocycles. The van der Waals surface area contributed by atoms with Crippen LogP contribution in [0.1, 0.15) is 11.1 Å². The van der Waals surface area contributed by atoms with Crippen molar-refractivity contribution in [2.45, 2.75) is 31.9 Å². The van der Waals surface area contributed by atoms with E-state index in [-0.39, 0.29) is 42.7 Å². The second-order valence-corrected chi connectivity index (χ2v) is 8.88. The summed E-state index contributed by atoms with van der Waals surface area (Å²) in [6.07, 6.45) is -2.78. The number of nitrogens with one attached hydrogen (secondary N) is 1. The van der Waals surface area contributed by atoms with Crippen LogP contribution in [0.2, 0.25) is 0 Å². The lowest BCUT2D eigenvalue weighted by atomic mass is 9.99. The van der Waals surface area contributed by atoms with E-state index in [1.165, 1.54) is 35.0 Å². The van der Waals surface area contributed by atoms with Gasteiger partial charge in [-0.2, -0.15) is 0 Å². The molecule has 0 saturated heterocycles. The molecular weight excluding hydrogens is 511 g/mol. The Bertz CT molecular complexity index is 1340. The molecule has 5 rings (SSSR count). The predicted molar refractivity (Wildman–Crippen MR) is 125 cm³/mol. The predicted octanol–water partition coefficient (Wildman–Crippen LogP) is 3.42. The molecule has 0 radical (unpaired) electrons. The quantitative estimate of drug-likeness (QED) is 0.362. The molecule has 2 aliphatic heterocycles. The highest BCUT2D eigenvalue weighted by Gasteiger charge is 2.31. The van der Waals surface area contributed by atoms with E-state index in [0.717, 1.165) is 11.1 Å². The first-order valence-corrected chi connectivity index (χ1v) is 11.6. The molecule has 11 nitrogen and oxygen atoms in total. The lowest BCUT2D eigenvalue weighted by Crippen LogP contribution is -2.48. The maximum atomic E-state index is 12.6. The SMILES string of the molecule is O=C(CN1CCc2cc(Oc3ccc(OC(F)(F)F)cc3)ccc2C1)N[C@@H]1COc2nc([N+](=O)[O-])cn2C1. The summed E-state index contributed by atoms with van der Waals surface area (Å²) in [7, 11) is 0. The zero-order valence-electron chi connectivity index (χ0n) is 19.8. The Morgan fingerprint density at radius 3 is 2.63 bits per heavy atom. The molecule has 3 aromatic rings. The number of halogens is 3. The van der Waals surface area contributed by atoms with Crippen molar-refractivity contribution < 1.29 is 37.1 Å². The molecular formula is C24H22F3N5O6. The minimum Gasteiger partial charge on any atom is -0.457 e. The summed E-state index contributed by atoms with van der Waals surface area (Å²) in [4.78, 5) is 28.7. The molecule has 0 unspecified atom stereocenters. The van der Waals surface area contributed by atoms with Crippen molar-refractivity contribution in [2.75, 3.05) is 19.7 Å². The van der Waals surface area contributed by atoms with E-state index in [1.807, 2.05) is 17.0 Å². The number of aromatic nitrogens is 2. The first kappa shape index (κ1) is 25.3. The van der Waals surface area contributed by atoms with Crippen molar-refractivity contribution in [1.29, 1.82) is 0 Å². The fourth-order valence-corrected chi connectivity index (χ4v) is 4.38. The van der Waals surface area contributed by atoms with Gasteiger partial charge in [-0.1, -0.05) is 6.07 Å². The van der Waals surface area contributed by atoms with E-state index in [1.54, 1.807) is 6.07 Å². The highest BCUT2D eigenvalue weighted by atomic mass is 19.4. The van der Waals surface area contributed by atoms with E-state index in [4.69, 9.17) is 9.47 Å². The van der Waals surface area contributed by atoms with Crippen molar-refractivity contribution >= 4 is 11.7 Å². The standard InChI is InChI=1S/C24H22F3N5O6/c25-24(26,27)38-19-5-3-18(4-6-19)37-20-2-1-16-10-30(8-7-15(16)9-20)13-22(33)28-17-11-31-12-21(32(34)35)29-23(31)36-14-17/h1-6,9,12,17H,7-8,10-11,13-14H2,(H,28,33)/t17-/m0/s1. The van der Waals surface area contributed by atoms with Gasteiger partial charge >= 0.3 is 18.2 Å². The topological polar surface area (TPSA) is 121 Å². The van der Waals surface area contributed by atoms with Crippen LogP contribution >= 0.6 is 0 Å². The Hall–Kier alpha value is -4.33. The number of rotatable bonds is 7. The largest absolute Gasteiger partial charge is 0.573 e. The molecule has 2 aliphatic rings. The van der Waals surface area contributed by atoms with Gasteiger partial charge in [0, 0.05) is 18.1 Å². The number of carbonyl (C=O) groups is 1.